The van der Waals surface area contributed by atoms with Crippen molar-refractivity contribution in [1.82, 2.24) is 0 Å². The molecule has 0 saturated carbocycles. The van der Waals surface area contributed by atoms with Crippen LogP contribution in [0.15, 0.2) is 175 Å². The number of allylic oxidation sites excluding steroid dienone is 2. The number of benzene rings is 7. The standard InChI is InChI=1S/C51H41N/c52-51-47-24-10-9-18-38(47)27-30-48(51)50(45-26-25-36-15-7-8-19-39(36)32-45)44-23-12-21-41(33-44)40-20-11-22-43(31-40)46-29-28-42(35-13-3-1-4-14-35)34-49(46)37-16-5-2-6-17-37/h1-8,11-17,19-23,25-31,33-34H,9-10,18,24,32,52H2/b50-45-. The first-order valence-electron chi connectivity index (χ1n) is 18.6. The number of nitrogen functional groups attached to an aromatic ring is 1. The van der Waals surface area contributed by atoms with Crippen LogP contribution in [0.5, 0.6) is 0 Å². The summed E-state index contributed by atoms with van der Waals surface area (Å²) in [7, 11) is 0. The molecule has 0 spiro atoms. The Bertz CT molecular complexity index is 2480. The van der Waals surface area contributed by atoms with E-state index in [2.05, 4.69) is 176 Å². The first-order chi connectivity index (χ1) is 25.7. The Labute approximate surface area is 307 Å². The molecular weight excluding hydrogens is 627 g/mol. The Balaban J connectivity index is 1.16. The Morgan fingerprint density at radius 3 is 1.96 bits per heavy atom. The van der Waals surface area contributed by atoms with E-state index in [9.17, 15) is 0 Å². The van der Waals surface area contributed by atoms with Crippen LogP contribution in [0.25, 0.3) is 56.2 Å². The molecule has 1 heteroatoms. The summed E-state index contributed by atoms with van der Waals surface area (Å²) < 4.78 is 0. The normalized spacial score (nSPS) is 14.4. The van der Waals surface area contributed by atoms with E-state index in [-0.39, 0.29) is 0 Å². The predicted molar refractivity (Wildman–Crippen MR) is 221 cm³/mol. The van der Waals surface area contributed by atoms with Crippen molar-refractivity contribution in [2.75, 3.05) is 5.73 Å². The monoisotopic (exact) mass is 667 g/mol. The Morgan fingerprint density at radius 1 is 0.442 bits per heavy atom. The van der Waals surface area contributed by atoms with E-state index in [0.717, 1.165) is 30.5 Å². The molecule has 0 aliphatic heterocycles. The molecular formula is C51H41N. The van der Waals surface area contributed by atoms with Gasteiger partial charge in [0.05, 0.1) is 0 Å². The van der Waals surface area contributed by atoms with E-state index in [1.165, 1.54) is 96.3 Å². The summed E-state index contributed by atoms with van der Waals surface area (Å²) in [5.41, 5.74) is 28.1. The molecule has 0 saturated heterocycles. The molecule has 0 heterocycles. The van der Waals surface area contributed by atoms with Crippen LogP contribution >= 0.6 is 0 Å². The average Bonchev–Trinajstić information content (AvgIpc) is 3.22. The van der Waals surface area contributed by atoms with E-state index in [1.54, 1.807) is 0 Å². The van der Waals surface area contributed by atoms with Gasteiger partial charge in [0.25, 0.3) is 0 Å². The molecule has 7 aromatic carbocycles. The van der Waals surface area contributed by atoms with E-state index in [1.807, 2.05) is 0 Å². The van der Waals surface area contributed by atoms with Gasteiger partial charge in [-0.15, -0.1) is 0 Å². The maximum atomic E-state index is 7.13. The minimum absolute atomic E-state index is 0.874. The Kier molecular flexibility index (Phi) is 8.47. The molecule has 0 amide bonds. The average molecular weight is 668 g/mol. The van der Waals surface area contributed by atoms with Crippen LogP contribution in [0, 0.1) is 0 Å². The minimum atomic E-state index is 0.874. The molecule has 52 heavy (non-hydrogen) atoms. The van der Waals surface area contributed by atoms with Gasteiger partial charge < -0.3 is 5.73 Å². The zero-order chi connectivity index (χ0) is 34.9. The predicted octanol–water partition coefficient (Wildman–Crippen LogP) is 12.9. The fraction of sp³-hybridized carbons (Fsp3) is 0.0980. The molecule has 1 nitrogen and oxygen atoms in total. The molecule has 2 aliphatic carbocycles. The smallest absolute Gasteiger partial charge is 0.0429 e. The van der Waals surface area contributed by atoms with Crippen molar-refractivity contribution in [3.63, 3.8) is 0 Å². The van der Waals surface area contributed by atoms with Crippen LogP contribution in [0.4, 0.5) is 5.69 Å². The van der Waals surface area contributed by atoms with Crippen LogP contribution in [-0.4, -0.2) is 0 Å². The molecule has 250 valence electrons. The zero-order valence-electron chi connectivity index (χ0n) is 29.4. The van der Waals surface area contributed by atoms with Gasteiger partial charge in [0.15, 0.2) is 0 Å². The summed E-state index contributed by atoms with van der Waals surface area (Å²) in [5, 5.41) is 0. The Hall–Kier alpha value is -6.18. The zero-order valence-corrected chi connectivity index (χ0v) is 29.4. The number of anilines is 1. The fourth-order valence-electron chi connectivity index (χ4n) is 8.26. The number of nitrogens with two attached hydrogens (primary N) is 1. The van der Waals surface area contributed by atoms with Crippen molar-refractivity contribution in [2.45, 2.75) is 32.1 Å². The second kappa shape index (κ2) is 13.9. The quantitative estimate of drug-likeness (QED) is 0.176. The van der Waals surface area contributed by atoms with Gasteiger partial charge in [-0.25, -0.2) is 0 Å². The van der Waals surface area contributed by atoms with E-state index in [0.29, 0.717) is 0 Å². The highest BCUT2D eigenvalue weighted by molar-refractivity contribution is 5.93. The Morgan fingerprint density at radius 2 is 1.12 bits per heavy atom. The largest absolute Gasteiger partial charge is 0.398 e. The van der Waals surface area contributed by atoms with E-state index < -0.39 is 0 Å². The number of rotatable bonds is 6. The van der Waals surface area contributed by atoms with Gasteiger partial charge in [-0.3, -0.25) is 0 Å². The summed E-state index contributed by atoms with van der Waals surface area (Å²) >= 11 is 0. The van der Waals surface area contributed by atoms with Crippen LogP contribution in [0.2, 0.25) is 0 Å². The summed E-state index contributed by atoms with van der Waals surface area (Å²) in [6, 6.07) is 59.7. The van der Waals surface area contributed by atoms with Crippen molar-refractivity contribution in [3.8, 4) is 44.5 Å². The molecule has 0 radical (unpaired) electrons. The topological polar surface area (TPSA) is 26.0 Å². The first kappa shape index (κ1) is 31.8. The lowest BCUT2D eigenvalue weighted by Crippen LogP contribution is -2.10. The molecule has 9 rings (SSSR count). The van der Waals surface area contributed by atoms with Crippen molar-refractivity contribution >= 4 is 17.3 Å². The van der Waals surface area contributed by atoms with Gasteiger partial charge in [-0.05, 0) is 134 Å². The van der Waals surface area contributed by atoms with Gasteiger partial charge in [0.1, 0.15) is 0 Å². The molecule has 0 unspecified atom stereocenters. The van der Waals surface area contributed by atoms with Crippen molar-refractivity contribution in [3.05, 3.63) is 209 Å². The second-order valence-corrected chi connectivity index (χ2v) is 14.1. The molecule has 2 N–H and O–H groups in total. The molecule has 0 aromatic heterocycles. The maximum Gasteiger partial charge on any atom is 0.0429 e. The van der Waals surface area contributed by atoms with Crippen molar-refractivity contribution in [2.24, 2.45) is 0 Å². The summed E-state index contributed by atoms with van der Waals surface area (Å²) in [6.45, 7) is 0. The maximum absolute atomic E-state index is 7.13. The molecule has 2 aliphatic rings. The van der Waals surface area contributed by atoms with Crippen LogP contribution < -0.4 is 5.73 Å². The SMILES string of the molecule is Nc1c(/C(=C2/C=Cc3ccccc3C2)c2cccc(-c3cccc(-c4ccc(-c5ccccc5)cc4-c4ccccc4)c3)c2)ccc2c1CCCC2. The van der Waals surface area contributed by atoms with Crippen molar-refractivity contribution < 1.29 is 0 Å². The number of aryl methyl sites for hydroxylation is 1. The number of hydrogen-bond acceptors (Lipinski definition) is 1. The minimum Gasteiger partial charge on any atom is -0.398 e. The summed E-state index contributed by atoms with van der Waals surface area (Å²) in [4.78, 5) is 0. The van der Waals surface area contributed by atoms with Crippen LogP contribution in [0.1, 0.15) is 46.2 Å². The third-order valence-corrected chi connectivity index (χ3v) is 10.9. The van der Waals surface area contributed by atoms with Crippen LogP contribution in [0.3, 0.4) is 0 Å². The van der Waals surface area contributed by atoms with Crippen LogP contribution in [-0.2, 0) is 19.3 Å². The highest BCUT2D eigenvalue weighted by atomic mass is 14.6. The van der Waals surface area contributed by atoms with Gasteiger partial charge in [-0.1, -0.05) is 158 Å². The van der Waals surface area contributed by atoms with Gasteiger partial charge >= 0.3 is 0 Å². The lowest BCUT2D eigenvalue weighted by Gasteiger charge is -2.24. The number of hydrogen-bond donors (Lipinski definition) is 1. The van der Waals surface area contributed by atoms with Gasteiger partial charge in [0, 0.05) is 11.3 Å². The molecule has 0 bridgehead atoms. The fourth-order valence-corrected chi connectivity index (χ4v) is 8.26. The summed E-state index contributed by atoms with van der Waals surface area (Å²) in [5.74, 6) is 0. The second-order valence-electron chi connectivity index (χ2n) is 14.1. The highest BCUT2D eigenvalue weighted by Crippen LogP contribution is 2.41. The lowest BCUT2D eigenvalue weighted by molar-refractivity contribution is 0.687. The third kappa shape index (κ3) is 6.09. The third-order valence-electron chi connectivity index (χ3n) is 10.9. The van der Waals surface area contributed by atoms with Crippen molar-refractivity contribution in [1.29, 1.82) is 0 Å². The van der Waals surface area contributed by atoms with Gasteiger partial charge in [-0.2, -0.15) is 0 Å². The van der Waals surface area contributed by atoms with E-state index >= 15 is 0 Å². The van der Waals surface area contributed by atoms with E-state index in [4.69, 9.17) is 5.73 Å². The molecule has 0 atom stereocenters. The van der Waals surface area contributed by atoms with Gasteiger partial charge in [0.2, 0.25) is 0 Å². The number of fused-ring (bicyclic) bond motifs is 2. The molecule has 0 fully saturated rings. The highest BCUT2D eigenvalue weighted by Gasteiger charge is 2.22. The first-order valence-corrected chi connectivity index (χ1v) is 18.6. The summed E-state index contributed by atoms with van der Waals surface area (Å²) in [6.07, 6.45) is 10.1. The molecule has 7 aromatic rings. The lowest BCUT2D eigenvalue weighted by atomic mass is 9.81.